The SMILES string of the molecule is CC(=O)NC1CCN(CCn2cc(N)cn2)CC1. The van der Waals surface area contributed by atoms with Gasteiger partial charge in [-0.05, 0) is 12.8 Å². The number of likely N-dealkylation sites (tertiary alicyclic amines) is 1. The van der Waals surface area contributed by atoms with E-state index in [9.17, 15) is 4.79 Å². The molecule has 1 aromatic heterocycles. The second-order valence-electron chi connectivity index (χ2n) is 4.85. The molecule has 0 radical (unpaired) electrons. The topological polar surface area (TPSA) is 76.2 Å². The Balaban J connectivity index is 1.69. The second-order valence-corrected chi connectivity index (χ2v) is 4.85. The molecule has 1 amide bonds. The molecule has 1 aliphatic heterocycles. The van der Waals surface area contributed by atoms with E-state index in [1.807, 2.05) is 10.9 Å². The van der Waals surface area contributed by atoms with Crippen molar-refractivity contribution in [1.82, 2.24) is 20.0 Å². The fourth-order valence-corrected chi connectivity index (χ4v) is 2.33. The van der Waals surface area contributed by atoms with Crippen molar-refractivity contribution in [1.29, 1.82) is 0 Å². The molecule has 0 bridgehead atoms. The van der Waals surface area contributed by atoms with Crippen molar-refractivity contribution < 1.29 is 4.79 Å². The summed E-state index contributed by atoms with van der Waals surface area (Å²) in [4.78, 5) is 13.4. The number of piperidine rings is 1. The number of hydrogen-bond acceptors (Lipinski definition) is 4. The van der Waals surface area contributed by atoms with Gasteiger partial charge >= 0.3 is 0 Å². The fraction of sp³-hybridized carbons (Fsp3) is 0.667. The van der Waals surface area contributed by atoms with Crippen LogP contribution in [0.4, 0.5) is 5.69 Å². The first-order chi connectivity index (χ1) is 8.63. The molecule has 1 fully saturated rings. The van der Waals surface area contributed by atoms with E-state index in [0.29, 0.717) is 11.7 Å². The van der Waals surface area contributed by atoms with E-state index in [-0.39, 0.29) is 5.91 Å². The lowest BCUT2D eigenvalue weighted by molar-refractivity contribution is -0.119. The molecule has 0 atom stereocenters. The minimum absolute atomic E-state index is 0.0699. The van der Waals surface area contributed by atoms with Crippen molar-refractivity contribution in [3.8, 4) is 0 Å². The number of aromatic nitrogens is 2. The minimum atomic E-state index is 0.0699. The van der Waals surface area contributed by atoms with Gasteiger partial charge in [0, 0.05) is 38.8 Å². The highest BCUT2D eigenvalue weighted by Crippen LogP contribution is 2.10. The fourth-order valence-electron chi connectivity index (χ4n) is 2.33. The zero-order chi connectivity index (χ0) is 13.0. The van der Waals surface area contributed by atoms with E-state index in [1.165, 1.54) is 0 Å². The van der Waals surface area contributed by atoms with E-state index in [4.69, 9.17) is 5.73 Å². The quantitative estimate of drug-likeness (QED) is 0.793. The van der Waals surface area contributed by atoms with Gasteiger partial charge in [-0.2, -0.15) is 5.10 Å². The largest absolute Gasteiger partial charge is 0.396 e. The average Bonchev–Trinajstić information content (AvgIpc) is 2.74. The number of nitrogens with two attached hydrogens (primary N) is 1. The van der Waals surface area contributed by atoms with Gasteiger partial charge < -0.3 is 16.0 Å². The number of nitrogen functional groups attached to an aromatic ring is 1. The molecule has 1 saturated heterocycles. The summed E-state index contributed by atoms with van der Waals surface area (Å²) in [5.74, 6) is 0.0699. The van der Waals surface area contributed by atoms with Gasteiger partial charge in [0.25, 0.3) is 0 Å². The van der Waals surface area contributed by atoms with Crippen LogP contribution in [0.1, 0.15) is 19.8 Å². The molecule has 0 aromatic carbocycles. The maximum Gasteiger partial charge on any atom is 0.217 e. The van der Waals surface area contributed by atoms with Gasteiger partial charge in [-0.1, -0.05) is 0 Å². The zero-order valence-electron chi connectivity index (χ0n) is 10.8. The Morgan fingerprint density at radius 2 is 2.22 bits per heavy atom. The average molecular weight is 251 g/mol. The lowest BCUT2D eigenvalue weighted by Crippen LogP contribution is -2.44. The molecule has 0 spiro atoms. The van der Waals surface area contributed by atoms with Gasteiger partial charge in [0.2, 0.25) is 5.91 Å². The summed E-state index contributed by atoms with van der Waals surface area (Å²) in [6.07, 6.45) is 5.58. The standard InChI is InChI=1S/C12H21N5O/c1-10(18)15-12-2-4-16(5-3-12)6-7-17-9-11(13)8-14-17/h8-9,12H,2-7,13H2,1H3,(H,15,18). The summed E-state index contributed by atoms with van der Waals surface area (Å²) in [6.45, 7) is 5.48. The van der Waals surface area contributed by atoms with Crippen LogP contribution in [0.15, 0.2) is 12.4 Å². The number of carbonyl (C=O) groups is 1. The van der Waals surface area contributed by atoms with Crippen molar-refractivity contribution in [3.05, 3.63) is 12.4 Å². The van der Waals surface area contributed by atoms with Crippen LogP contribution in [0.3, 0.4) is 0 Å². The molecule has 0 unspecified atom stereocenters. The predicted octanol–water partition coefficient (Wildman–Crippen LogP) is 0.0658. The van der Waals surface area contributed by atoms with Gasteiger partial charge in [0.15, 0.2) is 0 Å². The summed E-state index contributed by atoms with van der Waals surface area (Å²) in [5.41, 5.74) is 6.32. The van der Waals surface area contributed by atoms with Crippen molar-refractivity contribution in [2.45, 2.75) is 32.4 Å². The lowest BCUT2D eigenvalue weighted by Gasteiger charge is -2.32. The maximum atomic E-state index is 11.0. The number of amides is 1. The summed E-state index contributed by atoms with van der Waals surface area (Å²) in [6, 6.07) is 0.346. The molecule has 6 heteroatoms. The van der Waals surface area contributed by atoms with Crippen LogP contribution in [0, 0.1) is 0 Å². The number of nitrogens with zero attached hydrogens (tertiary/aromatic N) is 3. The van der Waals surface area contributed by atoms with Gasteiger partial charge in [-0.15, -0.1) is 0 Å². The molecule has 100 valence electrons. The van der Waals surface area contributed by atoms with E-state index in [2.05, 4.69) is 15.3 Å². The van der Waals surface area contributed by atoms with Gasteiger partial charge in [-0.3, -0.25) is 9.48 Å². The Labute approximate surface area is 107 Å². The van der Waals surface area contributed by atoms with Crippen LogP contribution >= 0.6 is 0 Å². The number of carbonyl (C=O) groups excluding carboxylic acids is 1. The third kappa shape index (κ3) is 3.73. The third-order valence-corrected chi connectivity index (χ3v) is 3.29. The minimum Gasteiger partial charge on any atom is -0.396 e. The highest BCUT2D eigenvalue weighted by molar-refractivity contribution is 5.73. The van der Waals surface area contributed by atoms with Crippen LogP contribution in [0.5, 0.6) is 0 Å². The molecule has 1 aliphatic rings. The number of anilines is 1. The second kappa shape index (κ2) is 5.86. The Hall–Kier alpha value is -1.56. The molecular weight excluding hydrogens is 230 g/mol. The van der Waals surface area contributed by atoms with Crippen LogP contribution in [0.2, 0.25) is 0 Å². The molecule has 2 heterocycles. The summed E-state index contributed by atoms with van der Waals surface area (Å²) in [7, 11) is 0. The highest BCUT2D eigenvalue weighted by atomic mass is 16.1. The van der Waals surface area contributed by atoms with Gasteiger partial charge in [0.05, 0.1) is 18.4 Å². The van der Waals surface area contributed by atoms with E-state index < -0.39 is 0 Å². The van der Waals surface area contributed by atoms with Gasteiger partial charge in [0.1, 0.15) is 0 Å². The molecule has 18 heavy (non-hydrogen) atoms. The molecule has 6 nitrogen and oxygen atoms in total. The Kier molecular flexibility index (Phi) is 4.19. The Morgan fingerprint density at radius 3 is 2.78 bits per heavy atom. The maximum absolute atomic E-state index is 11.0. The van der Waals surface area contributed by atoms with Crippen molar-refractivity contribution >= 4 is 11.6 Å². The van der Waals surface area contributed by atoms with E-state index >= 15 is 0 Å². The van der Waals surface area contributed by atoms with Crippen molar-refractivity contribution in [3.63, 3.8) is 0 Å². The lowest BCUT2D eigenvalue weighted by atomic mass is 10.1. The monoisotopic (exact) mass is 251 g/mol. The van der Waals surface area contributed by atoms with Gasteiger partial charge in [-0.25, -0.2) is 0 Å². The molecular formula is C12H21N5O. The number of hydrogen-bond donors (Lipinski definition) is 2. The van der Waals surface area contributed by atoms with Crippen LogP contribution in [0.25, 0.3) is 0 Å². The molecule has 1 aromatic rings. The Bertz CT molecular complexity index is 395. The smallest absolute Gasteiger partial charge is 0.217 e. The molecule has 3 N–H and O–H groups in total. The van der Waals surface area contributed by atoms with E-state index in [0.717, 1.165) is 39.0 Å². The number of nitrogens with one attached hydrogen (secondary N) is 1. The predicted molar refractivity (Wildman–Crippen MR) is 69.9 cm³/mol. The molecule has 0 aliphatic carbocycles. The molecule has 0 saturated carbocycles. The zero-order valence-corrected chi connectivity index (χ0v) is 10.8. The van der Waals surface area contributed by atoms with E-state index in [1.54, 1.807) is 13.1 Å². The van der Waals surface area contributed by atoms with Crippen LogP contribution in [-0.2, 0) is 11.3 Å². The van der Waals surface area contributed by atoms with Crippen molar-refractivity contribution in [2.75, 3.05) is 25.4 Å². The first-order valence-electron chi connectivity index (χ1n) is 6.41. The summed E-state index contributed by atoms with van der Waals surface area (Å²) < 4.78 is 1.87. The van der Waals surface area contributed by atoms with Crippen LogP contribution < -0.4 is 11.1 Å². The Morgan fingerprint density at radius 1 is 1.50 bits per heavy atom. The van der Waals surface area contributed by atoms with Crippen LogP contribution in [-0.4, -0.2) is 46.3 Å². The highest BCUT2D eigenvalue weighted by Gasteiger charge is 2.19. The summed E-state index contributed by atoms with van der Waals surface area (Å²) >= 11 is 0. The first kappa shape index (κ1) is 12.9. The summed E-state index contributed by atoms with van der Waals surface area (Å²) in [5, 5.41) is 7.14. The normalized spacial score (nSPS) is 17.8. The molecule has 2 rings (SSSR count). The van der Waals surface area contributed by atoms with Crippen molar-refractivity contribution in [2.24, 2.45) is 0 Å². The third-order valence-electron chi connectivity index (χ3n) is 3.29. The first-order valence-corrected chi connectivity index (χ1v) is 6.41. The number of rotatable bonds is 4.